The van der Waals surface area contributed by atoms with Crippen molar-refractivity contribution in [3.8, 4) is 0 Å². The highest BCUT2D eigenvalue weighted by Gasteiger charge is 2.22. The summed E-state index contributed by atoms with van der Waals surface area (Å²) in [5.74, 6) is 1.75. The minimum Gasteiger partial charge on any atom is -0.380 e. The Balaban J connectivity index is 1.46. The maximum absolute atomic E-state index is 6.09. The molecular formula is C20H40N6O3. The fraction of sp³-hybridized carbons (Fsp3) is 0.900. The van der Waals surface area contributed by atoms with E-state index >= 15 is 0 Å². The summed E-state index contributed by atoms with van der Waals surface area (Å²) in [4.78, 5) is 8.59. The lowest BCUT2D eigenvalue weighted by molar-refractivity contribution is -0.0792. The van der Waals surface area contributed by atoms with Gasteiger partial charge in [0.2, 0.25) is 0 Å². The van der Waals surface area contributed by atoms with Gasteiger partial charge in [-0.1, -0.05) is 0 Å². The molecule has 0 spiro atoms. The van der Waals surface area contributed by atoms with Gasteiger partial charge in [-0.2, -0.15) is 0 Å². The number of aliphatic imine (C=N–C) groups is 2. The molecule has 0 fully saturated rings. The molecule has 0 unspecified atom stereocenters. The Morgan fingerprint density at radius 1 is 0.759 bits per heavy atom. The summed E-state index contributed by atoms with van der Waals surface area (Å²) in [5.41, 5.74) is -0.434. The summed E-state index contributed by atoms with van der Waals surface area (Å²) < 4.78 is 17.8. The van der Waals surface area contributed by atoms with Gasteiger partial charge in [-0.05, 0) is 40.5 Å². The third-order valence-corrected chi connectivity index (χ3v) is 4.82. The SMILES string of the molecule is CC(C)(CCOCCNC1=NCCN1)OCCC(C)(C)OCCNC1=NCCN1. The van der Waals surface area contributed by atoms with E-state index in [2.05, 4.69) is 58.9 Å². The lowest BCUT2D eigenvalue weighted by Gasteiger charge is -2.30. The normalized spacial score (nSPS) is 16.8. The Bertz CT molecular complexity index is 536. The van der Waals surface area contributed by atoms with Crippen molar-refractivity contribution in [1.29, 1.82) is 0 Å². The third-order valence-electron chi connectivity index (χ3n) is 4.82. The first kappa shape index (κ1) is 23.7. The molecule has 0 aromatic rings. The predicted molar refractivity (Wildman–Crippen MR) is 117 cm³/mol. The highest BCUT2D eigenvalue weighted by Crippen LogP contribution is 2.19. The Morgan fingerprint density at radius 2 is 1.28 bits per heavy atom. The van der Waals surface area contributed by atoms with Crippen LogP contribution in [-0.2, 0) is 14.2 Å². The van der Waals surface area contributed by atoms with E-state index in [-0.39, 0.29) is 11.2 Å². The van der Waals surface area contributed by atoms with Gasteiger partial charge >= 0.3 is 0 Å². The number of guanidine groups is 2. The standard InChI is InChI=1S/C20H40N6O3/c1-19(2,5-13-27-15-11-25-17-21-7-8-22-17)28-14-6-20(3,4)29-16-12-26-18-23-9-10-24-18/h5-16H2,1-4H3,(H2,21,22,25)(H2,23,24,26). The lowest BCUT2D eigenvalue weighted by atomic mass is 10.0. The van der Waals surface area contributed by atoms with Gasteiger partial charge in [-0.25, -0.2) is 0 Å². The molecule has 0 radical (unpaired) electrons. The van der Waals surface area contributed by atoms with E-state index in [1.165, 1.54) is 0 Å². The Hall–Kier alpha value is -1.58. The van der Waals surface area contributed by atoms with Crippen LogP contribution in [-0.4, -0.2) is 88.8 Å². The van der Waals surface area contributed by atoms with E-state index in [0.717, 1.165) is 64.0 Å². The number of hydrogen-bond donors (Lipinski definition) is 4. The zero-order valence-corrected chi connectivity index (χ0v) is 18.6. The van der Waals surface area contributed by atoms with Gasteiger partial charge in [0.15, 0.2) is 11.9 Å². The fourth-order valence-electron chi connectivity index (χ4n) is 2.91. The average Bonchev–Trinajstić information content (AvgIpc) is 3.35. The third kappa shape index (κ3) is 10.7. The molecule has 4 N–H and O–H groups in total. The molecule has 168 valence electrons. The second-order valence-electron chi connectivity index (χ2n) is 8.50. The minimum absolute atomic E-state index is 0.214. The Kier molecular flexibility index (Phi) is 9.96. The van der Waals surface area contributed by atoms with Crippen molar-refractivity contribution in [2.45, 2.75) is 51.7 Å². The van der Waals surface area contributed by atoms with Crippen LogP contribution >= 0.6 is 0 Å². The summed E-state index contributed by atoms with van der Waals surface area (Å²) in [6.07, 6.45) is 1.70. The van der Waals surface area contributed by atoms with E-state index in [1.54, 1.807) is 0 Å². The van der Waals surface area contributed by atoms with Gasteiger partial charge in [0.05, 0.1) is 44.1 Å². The first-order valence-electron chi connectivity index (χ1n) is 10.8. The fourth-order valence-corrected chi connectivity index (χ4v) is 2.91. The molecule has 2 rings (SSSR count). The summed E-state index contributed by atoms with van der Waals surface area (Å²) in [7, 11) is 0. The zero-order valence-electron chi connectivity index (χ0n) is 18.6. The van der Waals surface area contributed by atoms with Crippen molar-refractivity contribution in [2.24, 2.45) is 9.98 Å². The first-order chi connectivity index (χ1) is 13.9. The summed E-state index contributed by atoms with van der Waals surface area (Å²) in [6.45, 7) is 16.1. The molecule has 0 aromatic carbocycles. The summed E-state index contributed by atoms with van der Waals surface area (Å²) in [6, 6.07) is 0. The van der Waals surface area contributed by atoms with Crippen molar-refractivity contribution in [2.75, 3.05) is 65.7 Å². The van der Waals surface area contributed by atoms with Crippen LogP contribution in [0.5, 0.6) is 0 Å². The van der Waals surface area contributed by atoms with Gasteiger partial charge < -0.3 is 35.5 Å². The van der Waals surface area contributed by atoms with Crippen LogP contribution in [0.4, 0.5) is 0 Å². The summed E-state index contributed by atoms with van der Waals surface area (Å²) >= 11 is 0. The van der Waals surface area contributed by atoms with Crippen molar-refractivity contribution in [3.05, 3.63) is 0 Å². The Morgan fingerprint density at radius 3 is 1.83 bits per heavy atom. The molecule has 9 heteroatoms. The highest BCUT2D eigenvalue weighted by molar-refractivity contribution is 5.81. The molecule has 29 heavy (non-hydrogen) atoms. The van der Waals surface area contributed by atoms with Gasteiger partial charge in [-0.3, -0.25) is 9.98 Å². The molecule has 0 amide bonds. The number of nitrogens with zero attached hydrogens (tertiary/aromatic N) is 2. The van der Waals surface area contributed by atoms with Gasteiger partial charge in [-0.15, -0.1) is 0 Å². The van der Waals surface area contributed by atoms with Crippen LogP contribution in [0.2, 0.25) is 0 Å². The van der Waals surface area contributed by atoms with Crippen LogP contribution in [0.1, 0.15) is 40.5 Å². The molecule has 0 saturated carbocycles. The van der Waals surface area contributed by atoms with Crippen molar-refractivity contribution in [3.63, 3.8) is 0 Å². The van der Waals surface area contributed by atoms with E-state index in [0.29, 0.717) is 26.4 Å². The lowest BCUT2D eigenvalue weighted by Crippen LogP contribution is -2.38. The minimum atomic E-state index is -0.220. The second-order valence-corrected chi connectivity index (χ2v) is 8.50. The van der Waals surface area contributed by atoms with E-state index in [1.807, 2.05) is 0 Å². The summed E-state index contributed by atoms with van der Waals surface area (Å²) in [5, 5.41) is 12.8. The molecule has 9 nitrogen and oxygen atoms in total. The quantitative estimate of drug-likeness (QED) is 0.308. The first-order valence-corrected chi connectivity index (χ1v) is 10.8. The number of hydrogen-bond acceptors (Lipinski definition) is 9. The predicted octanol–water partition coefficient (Wildman–Crippen LogP) is 0.471. The monoisotopic (exact) mass is 412 g/mol. The zero-order chi connectivity index (χ0) is 21.0. The van der Waals surface area contributed by atoms with Gasteiger partial charge in [0.25, 0.3) is 0 Å². The molecule has 2 aliphatic rings. The number of rotatable bonds is 14. The molecule has 0 aromatic heterocycles. The van der Waals surface area contributed by atoms with Crippen molar-refractivity contribution >= 4 is 11.9 Å². The molecule has 2 aliphatic heterocycles. The maximum atomic E-state index is 6.09. The Labute approximate surface area is 175 Å². The maximum Gasteiger partial charge on any atom is 0.191 e. The van der Waals surface area contributed by atoms with Crippen molar-refractivity contribution < 1.29 is 14.2 Å². The van der Waals surface area contributed by atoms with Crippen LogP contribution in [0.15, 0.2) is 9.98 Å². The molecule has 0 atom stereocenters. The largest absolute Gasteiger partial charge is 0.380 e. The second kappa shape index (κ2) is 12.2. The number of nitrogens with one attached hydrogen (secondary N) is 4. The van der Waals surface area contributed by atoms with E-state index in [4.69, 9.17) is 14.2 Å². The highest BCUT2D eigenvalue weighted by atomic mass is 16.5. The van der Waals surface area contributed by atoms with Crippen molar-refractivity contribution in [1.82, 2.24) is 21.3 Å². The van der Waals surface area contributed by atoms with Crippen LogP contribution in [0, 0.1) is 0 Å². The smallest absolute Gasteiger partial charge is 0.191 e. The average molecular weight is 413 g/mol. The topological polar surface area (TPSA) is 101 Å². The van der Waals surface area contributed by atoms with Gasteiger partial charge in [0.1, 0.15) is 0 Å². The molecule has 2 heterocycles. The van der Waals surface area contributed by atoms with Gasteiger partial charge in [0, 0.05) is 32.8 Å². The molecule has 0 saturated heterocycles. The van der Waals surface area contributed by atoms with E-state index < -0.39 is 0 Å². The van der Waals surface area contributed by atoms with Crippen LogP contribution in [0.3, 0.4) is 0 Å². The molecular weight excluding hydrogens is 372 g/mol. The van der Waals surface area contributed by atoms with Crippen LogP contribution in [0.25, 0.3) is 0 Å². The number of ether oxygens (including phenoxy) is 3. The molecule has 0 aliphatic carbocycles. The van der Waals surface area contributed by atoms with E-state index in [9.17, 15) is 0 Å². The van der Waals surface area contributed by atoms with Crippen LogP contribution < -0.4 is 21.3 Å². The molecule has 0 bridgehead atoms.